The summed E-state index contributed by atoms with van der Waals surface area (Å²) in [6, 6.07) is 15.8. The molecule has 0 aliphatic carbocycles. The number of ether oxygens (including phenoxy) is 1. The summed E-state index contributed by atoms with van der Waals surface area (Å²) in [5.74, 6) is 0.660. The summed E-state index contributed by atoms with van der Waals surface area (Å²) in [4.78, 5) is 12.3. The summed E-state index contributed by atoms with van der Waals surface area (Å²) in [5, 5.41) is 6.33. The van der Waals surface area contributed by atoms with Gasteiger partial charge in [0.1, 0.15) is 5.75 Å². The maximum absolute atomic E-state index is 12.3. The van der Waals surface area contributed by atoms with Crippen molar-refractivity contribution >= 4 is 17.3 Å². The summed E-state index contributed by atoms with van der Waals surface area (Å²) in [6.07, 6.45) is 0.442. The number of carbonyl (C=O) groups is 1. The third-order valence-corrected chi connectivity index (χ3v) is 3.93. The smallest absolute Gasteiger partial charge is 0.226 e. The molecule has 0 aliphatic rings. The highest BCUT2D eigenvalue weighted by Crippen LogP contribution is 2.29. The maximum atomic E-state index is 12.3. The number of nitrogens with one attached hydrogen (secondary N) is 2. The summed E-state index contributed by atoms with van der Waals surface area (Å²) in [6.45, 7) is 11.1. The number of amides is 1. The average molecular weight is 354 g/mol. The molecular weight excluding hydrogens is 324 g/mol. The van der Waals surface area contributed by atoms with Gasteiger partial charge in [-0.25, -0.2) is 0 Å². The van der Waals surface area contributed by atoms with Gasteiger partial charge < -0.3 is 15.4 Å². The predicted molar refractivity (Wildman–Crippen MR) is 109 cm³/mol. The zero-order valence-corrected chi connectivity index (χ0v) is 16.4. The van der Waals surface area contributed by atoms with Gasteiger partial charge in [-0.3, -0.25) is 4.79 Å². The molecule has 140 valence electrons. The first kappa shape index (κ1) is 19.8. The zero-order valence-electron chi connectivity index (χ0n) is 16.4. The molecule has 4 nitrogen and oxygen atoms in total. The van der Waals surface area contributed by atoms with Crippen molar-refractivity contribution in [2.75, 3.05) is 17.2 Å². The lowest BCUT2D eigenvalue weighted by Gasteiger charge is -2.23. The first-order valence-electron chi connectivity index (χ1n) is 9.16. The van der Waals surface area contributed by atoms with Gasteiger partial charge >= 0.3 is 0 Å². The second kappa shape index (κ2) is 8.75. The molecule has 0 saturated heterocycles. The molecule has 2 rings (SSSR count). The van der Waals surface area contributed by atoms with Gasteiger partial charge in [0, 0.05) is 18.7 Å². The molecule has 2 aromatic carbocycles. The first-order chi connectivity index (χ1) is 12.3. The highest BCUT2D eigenvalue weighted by atomic mass is 16.5. The van der Waals surface area contributed by atoms with Gasteiger partial charge in [-0.1, -0.05) is 51.1 Å². The van der Waals surface area contributed by atoms with Crippen molar-refractivity contribution in [3.8, 4) is 5.75 Å². The summed E-state index contributed by atoms with van der Waals surface area (Å²) in [7, 11) is 0. The van der Waals surface area contributed by atoms with Crippen molar-refractivity contribution in [3.63, 3.8) is 0 Å². The van der Waals surface area contributed by atoms with E-state index in [2.05, 4.69) is 43.5 Å². The number of carbonyl (C=O) groups excluding carboxylic acids is 1. The first-order valence-corrected chi connectivity index (χ1v) is 9.16. The van der Waals surface area contributed by atoms with Crippen molar-refractivity contribution in [2.24, 2.45) is 0 Å². The third-order valence-electron chi connectivity index (χ3n) is 3.93. The van der Waals surface area contributed by atoms with Gasteiger partial charge in [0.2, 0.25) is 5.91 Å². The van der Waals surface area contributed by atoms with E-state index >= 15 is 0 Å². The van der Waals surface area contributed by atoms with Crippen LogP contribution < -0.4 is 15.4 Å². The van der Waals surface area contributed by atoms with Crippen LogP contribution in [0.15, 0.2) is 48.5 Å². The molecular formula is C22H30N2O2. The molecule has 0 unspecified atom stereocenters. The van der Waals surface area contributed by atoms with Gasteiger partial charge in [-0.15, -0.1) is 0 Å². The quantitative estimate of drug-likeness (QED) is 0.717. The molecule has 0 saturated carbocycles. The molecule has 2 aromatic rings. The van der Waals surface area contributed by atoms with Crippen LogP contribution in [0.1, 0.15) is 46.6 Å². The van der Waals surface area contributed by atoms with Crippen LogP contribution in [0.5, 0.6) is 5.75 Å². The number of hydrogen-bond donors (Lipinski definition) is 2. The standard InChI is InChI=1S/C22H30N2O2/c1-16(2)26-20-13-9-8-12-19(20)24-21(25)14-15-23-18-11-7-6-10-17(18)22(3,4)5/h6-13,16,23H,14-15H2,1-5H3,(H,24,25). The molecule has 0 fully saturated rings. The Labute approximate surface area is 157 Å². The lowest BCUT2D eigenvalue weighted by atomic mass is 9.86. The van der Waals surface area contributed by atoms with E-state index in [1.54, 1.807) is 0 Å². The van der Waals surface area contributed by atoms with E-state index in [4.69, 9.17) is 4.74 Å². The number of benzene rings is 2. The van der Waals surface area contributed by atoms with Crippen LogP contribution in [-0.4, -0.2) is 18.6 Å². The Morgan fingerprint density at radius 1 is 1.00 bits per heavy atom. The van der Waals surface area contributed by atoms with Gasteiger partial charge in [0.15, 0.2) is 0 Å². The largest absolute Gasteiger partial charge is 0.489 e. The Kier molecular flexibility index (Phi) is 6.67. The van der Waals surface area contributed by atoms with Crippen LogP contribution in [-0.2, 0) is 10.2 Å². The minimum Gasteiger partial charge on any atom is -0.489 e. The molecule has 0 atom stereocenters. The molecule has 0 radical (unpaired) electrons. The molecule has 0 aliphatic heterocycles. The lowest BCUT2D eigenvalue weighted by Crippen LogP contribution is -2.19. The Bertz CT molecular complexity index is 733. The lowest BCUT2D eigenvalue weighted by molar-refractivity contribution is -0.116. The van der Waals surface area contributed by atoms with Crippen molar-refractivity contribution in [1.82, 2.24) is 0 Å². The van der Waals surface area contributed by atoms with E-state index in [9.17, 15) is 4.79 Å². The fourth-order valence-corrected chi connectivity index (χ4v) is 2.74. The average Bonchev–Trinajstić information content (AvgIpc) is 2.56. The Morgan fingerprint density at radius 2 is 1.62 bits per heavy atom. The van der Waals surface area contributed by atoms with E-state index < -0.39 is 0 Å². The monoisotopic (exact) mass is 354 g/mol. The van der Waals surface area contributed by atoms with Crippen molar-refractivity contribution in [3.05, 3.63) is 54.1 Å². The molecule has 0 aromatic heterocycles. The highest BCUT2D eigenvalue weighted by Gasteiger charge is 2.17. The fourth-order valence-electron chi connectivity index (χ4n) is 2.74. The van der Waals surface area contributed by atoms with Gasteiger partial charge in [0.25, 0.3) is 0 Å². The minimum atomic E-state index is -0.0365. The van der Waals surface area contributed by atoms with Crippen LogP contribution >= 0.6 is 0 Å². The van der Waals surface area contributed by atoms with Gasteiger partial charge in [-0.05, 0) is 43.0 Å². The van der Waals surface area contributed by atoms with Crippen LogP contribution in [0.4, 0.5) is 11.4 Å². The Morgan fingerprint density at radius 3 is 2.27 bits per heavy atom. The van der Waals surface area contributed by atoms with Crippen LogP contribution in [0.3, 0.4) is 0 Å². The van der Waals surface area contributed by atoms with Crippen molar-refractivity contribution < 1.29 is 9.53 Å². The maximum Gasteiger partial charge on any atom is 0.226 e. The molecule has 2 N–H and O–H groups in total. The van der Waals surface area contributed by atoms with Crippen molar-refractivity contribution in [2.45, 2.75) is 52.6 Å². The molecule has 0 spiro atoms. The fraction of sp³-hybridized carbons (Fsp3) is 0.409. The van der Waals surface area contributed by atoms with Crippen LogP contribution in [0.2, 0.25) is 0 Å². The van der Waals surface area contributed by atoms with Crippen LogP contribution in [0.25, 0.3) is 0 Å². The third kappa shape index (κ3) is 5.80. The normalized spacial score (nSPS) is 11.3. The summed E-state index contributed by atoms with van der Waals surface area (Å²) >= 11 is 0. The van der Waals surface area contributed by atoms with E-state index in [-0.39, 0.29) is 17.4 Å². The number of para-hydroxylation sites is 3. The van der Waals surface area contributed by atoms with Crippen LogP contribution in [0, 0.1) is 0 Å². The molecule has 1 amide bonds. The summed E-state index contributed by atoms with van der Waals surface area (Å²) in [5.41, 5.74) is 3.09. The second-order valence-corrected chi connectivity index (χ2v) is 7.68. The minimum absolute atomic E-state index is 0.0365. The highest BCUT2D eigenvalue weighted by molar-refractivity contribution is 5.92. The van der Waals surface area contributed by atoms with E-state index in [1.807, 2.05) is 50.2 Å². The molecule has 0 bridgehead atoms. The SMILES string of the molecule is CC(C)Oc1ccccc1NC(=O)CCNc1ccccc1C(C)(C)C. The number of anilines is 2. The molecule has 4 heteroatoms. The number of hydrogen-bond acceptors (Lipinski definition) is 3. The number of rotatable bonds is 7. The molecule has 26 heavy (non-hydrogen) atoms. The second-order valence-electron chi connectivity index (χ2n) is 7.68. The van der Waals surface area contributed by atoms with Gasteiger partial charge in [0.05, 0.1) is 11.8 Å². The Hall–Kier alpha value is -2.49. The van der Waals surface area contributed by atoms with Gasteiger partial charge in [-0.2, -0.15) is 0 Å². The molecule has 0 heterocycles. The van der Waals surface area contributed by atoms with E-state index in [1.165, 1.54) is 5.56 Å². The van der Waals surface area contributed by atoms with E-state index in [0.717, 1.165) is 5.69 Å². The Balaban J connectivity index is 1.93. The predicted octanol–water partition coefficient (Wildman–Crippen LogP) is 5.21. The summed E-state index contributed by atoms with van der Waals surface area (Å²) < 4.78 is 5.74. The zero-order chi connectivity index (χ0) is 19.2. The van der Waals surface area contributed by atoms with E-state index in [0.29, 0.717) is 24.4 Å². The topological polar surface area (TPSA) is 50.4 Å². The van der Waals surface area contributed by atoms with Crippen molar-refractivity contribution in [1.29, 1.82) is 0 Å².